The Balaban J connectivity index is 1.78. The Morgan fingerprint density at radius 2 is 1.90 bits per heavy atom. The van der Waals surface area contributed by atoms with Crippen molar-refractivity contribution in [1.82, 2.24) is 4.98 Å². The normalized spacial score (nSPS) is 11.0. The van der Waals surface area contributed by atoms with E-state index in [1.165, 1.54) is 4.70 Å². The van der Waals surface area contributed by atoms with Gasteiger partial charge in [-0.05, 0) is 56.3 Å². The first-order chi connectivity index (χ1) is 10.1. The molecule has 0 aliphatic carbocycles. The van der Waals surface area contributed by atoms with Crippen LogP contribution in [0, 0.1) is 0 Å². The topological polar surface area (TPSA) is 34.1 Å². The molecule has 1 heterocycles. The van der Waals surface area contributed by atoms with Gasteiger partial charge in [-0.2, -0.15) is 0 Å². The molecule has 3 aromatic rings. The molecule has 0 radical (unpaired) electrons. The molecule has 1 aromatic heterocycles. The molecule has 0 spiro atoms. The van der Waals surface area contributed by atoms with Crippen LogP contribution in [0.1, 0.15) is 13.8 Å². The van der Waals surface area contributed by atoms with Gasteiger partial charge >= 0.3 is 0 Å². The number of nitrogens with zero attached hydrogens (tertiary/aromatic N) is 1. The maximum atomic E-state index is 5.63. The van der Waals surface area contributed by atoms with Crippen LogP contribution in [-0.4, -0.2) is 11.1 Å². The summed E-state index contributed by atoms with van der Waals surface area (Å²) < 4.78 is 7.85. The molecule has 0 fully saturated rings. The molecular formula is C16H15BrN2OS. The zero-order chi connectivity index (χ0) is 14.8. The van der Waals surface area contributed by atoms with Gasteiger partial charge in [0, 0.05) is 10.2 Å². The molecule has 0 saturated carbocycles. The molecule has 3 nitrogen and oxygen atoms in total. The standard InChI is InChI=1S/C16H15BrN2OS/c1-10(2)20-13-6-4-12(5-7-13)18-16-19-14-9-11(17)3-8-15(14)21-16/h3-10H,1-2H3,(H,18,19). The number of fused-ring (bicyclic) bond motifs is 1. The van der Waals surface area contributed by atoms with E-state index in [1.54, 1.807) is 11.3 Å². The lowest BCUT2D eigenvalue weighted by Crippen LogP contribution is -2.05. The lowest BCUT2D eigenvalue weighted by Gasteiger charge is -2.10. The van der Waals surface area contributed by atoms with Crippen LogP contribution in [0.15, 0.2) is 46.9 Å². The molecule has 0 aliphatic heterocycles. The first-order valence-corrected chi connectivity index (χ1v) is 8.31. The van der Waals surface area contributed by atoms with Crippen molar-refractivity contribution < 1.29 is 4.74 Å². The molecule has 0 aliphatic rings. The van der Waals surface area contributed by atoms with Crippen LogP contribution in [-0.2, 0) is 0 Å². The van der Waals surface area contributed by atoms with Gasteiger partial charge in [0.05, 0.1) is 16.3 Å². The summed E-state index contributed by atoms with van der Waals surface area (Å²) in [6.07, 6.45) is 0.187. The van der Waals surface area contributed by atoms with Crippen molar-refractivity contribution in [3.63, 3.8) is 0 Å². The minimum Gasteiger partial charge on any atom is -0.491 e. The third-order valence-corrected chi connectivity index (χ3v) is 4.27. The highest BCUT2D eigenvalue weighted by molar-refractivity contribution is 9.10. The van der Waals surface area contributed by atoms with E-state index in [1.807, 2.05) is 50.2 Å². The molecular weight excluding hydrogens is 348 g/mol. The van der Waals surface area contributed by atoms with Gasteiger partial charge in [0.1, 0.15) is 5.75 Å². The van der Waals surface area contributed by atoms with E-state index in [0.29, 0.717) is 0 Å². The van der Waals surface area contributed by atoms with Crippen molar-refractivity contribution in [3.8, 4) is 5.75 Å². The second-order valence-corrected chi connectivity index (χ2v) is 6.89. The van der Waals surface area contributed by atoms with Crippen molar-refractivity contribution in [2.45, 2.75) is 20.0 Å². The zero-order valence-corrected chi connectivity index (χ0v) is 14.2. The van der Waals surface area contributed by atoms with E-state index < -0.39 is 0 Å². The highest BCUT2D eigenvalue weighted by Gasteiger charge is 2.05. The van der Waals surface area contributed by atoms with Gasteiger partial charge in [-0.25, -0.2) is 4.98 Å². The monoisotopic (exact) mass is 362 g/mol. The molecule has 3 rings (SSSR count). The Morgan fingerprint density at radius 3 is 2.62 bits per heavy atom. The molecule has 0 saturated heterocycles. The second-order valence-electron chi connectivity index (χ2n) is 4.95. The average Bonchev–Trinajstić information content (AvgIpc) is 2.82. The van der Waals surface area contributed by atoms with Crippen molar-refractivity contribution in [1.29, 1.82) is 0 Å². The molecule has 0 amide bonds. The molecule has 1 N–H and O–H groups in total. The summed E-state index contributed by atoms with van der Waals surface area (Å²) in [7, 11) is 0. The summed E-state index contributed by atoms with van der Waals surface area (Å²) in [6.45, 7) is 4.04. The van der Waals surface area contributed by atoms with Crippen molar-refractivity contribution in [2.24, 2.45) is 0 Å². The number of halogens is 1. The van der Waals surface area contributed by atoms with Crippen LogP contribution in [0.5, 0.6) is 5.75 Å². The van der Waals surface area contributed by atoms with Gasteiger partial charge in [-0.15, -0.1) is 0 Å². The first kappa shape index (κ1) is 14.4. The maximum Gasteiger partial charge on any atom is 0.188 e. The number of thiazole rings is 1. The molecule has 0 atom stereocenters. The smallest absolute Gasteiger partial charge is 0.188 e. The van der Waals surface area contributed by atoms with Gasteiger partial charge in [0.2, 0.25) is 0 Å². The summed E-state index contributed by atoms with van der Waals surface area (Å²) in [5, 5.41) is 4.22. The van der Waals surface area contributed by atoms with Crippen molar-refractivity contribution >= 4 is 48.3 Å². The lowest BCUT2D eigenvalue weighted by atomic mass is 10.3. The van der Waals surface area contributed by atoms with Crippen molar-refractivity contribution in [2.75, 3.05) is 5.32 Å². The van der Waals surface area contributed by atoms with Gasteiger partial charge < -0.3 is 10.1 Å². The first-order valence-electron chi connectivity index (χ1n) is 6.70. The number of rotatable bonds is 4. The van der Waals surface area contributed by atoms with E-state index in [4.69, 9.17) is 4.74 Å². The highest BCUT2D eigenvalue weighted by Crippen LogP contribution is 2.30. The van der Waals surface area contributed by atoms with Crippen molar-refractivity contribution in [3.05, 3.63) is 46.9 Å². The fraction of sp³-hybridized carbons (Fsp3) is 0.188. The van der Waals surface area contributed by atoms with Crippen LogP contribution in [0.25, 0.3) is 10.2 Å². The predicted octanol–water partition coefficient (Wildman–Crippen LogP) is 5.59. The van der Waals surface area contributed by atoms with E-state index in [9.17, 15) is 0 Å². The quantitative estimate of drug-likeness (QED) is 0.656. The van der Waals surface area contributed by atoms with Gasteiger partial charge in [-0.3, -0.25) is 0 Å². The molecule has 0 bridgehead atoms. The number of aromatic nitrogens is 1. The number of ether oxygens (including phenoxy) is 1. The minimum absolute atomic E-state index is 0.187. The van der Waals surface area contributed by atoms with Crippen LogP contribution >= 0.6 is 27.3 Å². The van der Waals surface area contributed by atoms with Gasteiger partial charge in [-0.1, -0.05) is 27.3 Å². The Labute approximate surface area is 136 Å². The second kappa shape index (κ2) is 6.03. The van der Waals surface area contributed by atoms with E-state index in [-0.39, 0.29) is 6.10 Å². The lowest BCUT2D eigenvalue weighted by molar-refractivity contribution is 0.242. The molecule has 0 unspecified atom stereocenters. The fourth-order valence-electron chi connectivity index (χ4n) is 1.97. The van der Waals surface area contributed by atoms with Crippen LogP contribution in [0.4, 0.5) is 10.8 Å². The van der Waals surface area contributed by atoms with Crippen LogP contribution < -0.4 is 10.1 Å². The number of benzene rings is 2. The molecule has 5 heteroatoms. The summed E-state index contributed by atoms with van der Waals surface area (Å²) in [4.78, 5) is 4.59. The number of hydrogen-bond donors (Lipinski definition) is 1. The van der Waals surface area contributed by atoms with E-state index >= 15 is 0 Å². The van der Waals surface area contributed by atoms with Crippen LogP contribution in [0.3, 0.4) is 0 Å². The minimum atomic E-state index is 0.187. The summed E-state index contributed by atoms with van der Waals surface area (Å²) in [5.41, 5.74) is 2.00. The predicted molar refractivity (Wildman–Crippen MR) is 92.8 cm³/mol. The summed E-state index contributed by atoms with van der Waals surface area (Å²) >= 11 is 5.11. The fourth-order valence-corrected chi connectivity index (χ4v) is 3.18. The molecule has 21 heavy (non-hydrogen) atoms. The zero-order valence-electron chi connectivity index (χ0n) is 11.8. The Morgan fingerprint density at radius 1 is 1.14 bits per heavy atom. The Kier molecular flexibility index (Phi) is 4.12. The highest BCUT2D eigenvalue weighted by atomic mass is 79.9. The van der Waals surface area contributed by atoms with Gasteiger partial charge in [0.15, 0.2) is 5.13 Å². The van der Waals surface area contributed by atoms with E-state index in [2.05, 4.69) is 32.3 Å². The third-order valence-electron chi connectivity index (χ3n) is 2.83. The number of nitrogens with one attached hydrogen (secondary N) is 1. The SMILES string of the molecule is CC(C)Oc1ccc(Nc2nc3cc(Br)ccc3s2)cc1. The Bertz CT molecular complexity index is 753. The molecule has 108 valence electrons. The van der Waals surface area contributed by atoms with E-state index in [0.717, 1.165) is 26.6 Å². The Hall–Kier alpha value is -1.59. The number of hydrogen-bond acceptors (Lipinski definition) is 4. The number of anilines is 2. The van der Waals surface area contributed by atoms with Gasteiger partial charge in [0.25, 0.3) is 0 Å². The molecule has 2 aromatic carbocycles. The summed E-state index contributed by atoms with van der Waals surface area (Å²) in [5.74, 6) is 0.879. The maximum absolute atomic E-state index is 5.63. The summed E-state index contributed by atoms with van der Waals surface area (Å²) in [6, 6.07) is 14.1. The third kappa shape index (κ3) is 3.54. The van der Waals surface area contributed by atoms with Crippen LogP contribution in [0.2, 0.25) is 0 Å². The average molecular weight is 363 g/mol. The largest absolute Gasteiger partial charge is 0.491 e.